The van der Waals surface area contributed by atoms with Crippen LogP contribution in [0.5, 0.6) is 0 Å². The molecule has 1 aromatic carbocycles. The molecule has 0 radical (unpaired) electrons. The van der Waals surface area contributed by atoms with Crippen LogP contribution in [0.15, 0.2) is 30.6 Å². The minimum Gasteiger partial charge on any atom is -0.390 e. The second-order valence-electron chi connectivity index (χ2n) is 12.7. The SMILES string of the molecule is C[C@@H](C1CC1)N1Cc2cc(-c3nn4cccnc4c3C(=O)N(N)C3CCC(C)(O)CC3)cc(N3CCOCC3)c2C1=O. The summed E-state index contributed by atoms with van der Waals surface area (Å²) in [6.07, 6.45) is 8.15. The number of ether oxygens (including phenoxy) is 1. The number of hydrogen-bond acceptors (Lipinski definition) is 8. The highest BCUT2D eigenvalue weighted by atomic mass is 16.5. The Balaban J connectivity index is 1.32. The van der Waals surface area contributed by atoms with Crippen LogP contribution in [0.3, 0.4) is 0 Å². The number of carbonyl (C=O) groups excluding carboxylic acids is 2. The van der Waals surface area contributed by atoms with E-state index in [-0.39, 0.29) is 23.9 Å². The topological polar surface area (TPSA) is 130 Å². The van der Waals surface area contributed by atoms with E-state index in [4.69, 9.17) is 15.7 Å². The Morgan fingerprint density at radius 1 is 1.19 bits per heavy atom. The first-order chi connectivity index (χ1) is 20.2. The van der Waals surface area contributed by atoms with E-state index in [1.54, 1.807) is 23.0 Å². The second kappa shape index (κ2) is 10.3. The van der Waals surface area contributed by atoms with Gasteiger partial charge >= 0.3 is 0 Å². The van der Waals surface area contributed by atoms with Gasteiger partial charge in [0, 0.05) is 49.7 Å². The van der Waals surface area contributed by atoms with Crippen molar-refractivity contribution in [1.82, 2.24) is 24.5 Å². The molecular formula is C31H39N7O4. The summed E-state index contributed by atoms with van der Waals surface area (Å²) < 4.78 is 7.25. The summed E-state index contributed by atoms with van der Waals surface area (Å²) in [4.78, 5) is 36.7. The number of carbonyl (C=O) groups is 2. The van der Waals surface area contributed by atoms with Crippen LogP contribution in [0.2, 0.25) is 0 Å². The van der Waals surface area contributed by atoms with Crippen LogP contribution in [0.25, 0.3) is 16.9 Å². The summed E-state index contributed by atoms with van der Waals surface area (Å²) in [7, 11) is 0. The van der Waals surface area contributed by atoms with Gasteiger partial charge in [0.05, 0.1) is 30.1 Å². The number of aromatic nitrogens is 3. The minimum absolute atomic E-state index is 0.0757. The molecule has 0 bridgehead atoms. The standard InChI is InChI=1S/C31H39N7O4/c1-19(20-4-5-20)36-18-22-16-21(17-24(25(22)29(36)39)35-12-14-42-15-13-35)27-26(28-33-10-3-11-37(28)34-27)30(40)38(32)23-6-8-31(2,41)9-7-23/h3,10-11,16-17,19-20,23,41H,4-9,12-15,18,32H2,1-2H3/t19-,23?,31?/m0/s1. The van der Waals surface area contributed by atoms with E-state index in [1.165, 1.54) is 5.01 Å². The highest BCUT2D eigenvalue weighted by molar-refractivity contribution is 6.08. The molecule has 3 N–H and O–H groups in total. The van der Waals surface area contributed by atoms with E-state index in [1.807, 2.05) is 24.0 Å². The number of rotatable bonds is 6. The van der Waals surface area contributed by atoms with Gasteiger partial charge in [0.2, 0.25) is 0 Å². The lowest BCUT2D eigenvalue weighted by Crippen LogP contribution is -2.49. The van der Waals surface area contributed by atoms with Gasteiger partial charge in [-0.15, -0.1) is 0 Å². The van der Waals surface area contributed by atoms with E-state index in [0.29, 0.717) is 81.4 Å². The zero-order chi connectivity index (χ0) is 29.2. The number of nitrogens with two attached hydrogens (primary N) is 1. The monoisotopic (exact) mass is 573 g/mol. The molecule has 0 spiro atoms. The molecule has 4 aliphatic rings. The van der Waals surface area contributed by atoms with Gasteiger partial charge in [-0.3, -0.25) is 14.6 Å². The van der Waals surface area contributed by atoms with Crippen LogP contribution in [0.1, 0.15) is 78.7 Å². The lowest BCUT2D eigenvalue weighted by molar-refractivity contribution is -0.00379. The number of anilines is 1. The molecule has 0 unspecified atom stereocenters. The molecule has 11 nitrogen and oxygen atoms in total. The largest absolute Gasteiger partial charge is 0.390 e. The van der Waals surface area contributed by atoms with Gasteiger partial charge in [-0.25, -0.2) is 15.3 Å². The van der Waals surface area contributed by atoms with Crippen molar-refractivity contribution >= 4 is 23.1 Å². The number of benzene rings is 1. The number of fused-ring (bicyclic) bond motifs is 2. The van der Waals surface area contributed by atoms with Crippen molar-refractivity contribution in [2.24, 2.45) is 11.8 Å². The molecule has 1 atom stereocenters. The molecule has 1 saturated heterocycles. The molecule has 2 aromatic heterocycles. The van der Waals surface area contributed by atoms with Gasteiger partial charge < -0.3 is 19.6 Å². The highest BCUT2D eigenvalue weighted by Crippen LogP contribution is 2.43. The Bertz CT molecular complexity index is 1530. The van der Waals surface area contributed by atoms with Crippen LogP contribution in [-0.4, -0.2) is 85.4 Å². The summed E-state index contributed by atoms with van der Waals surface area (Å²) in [6, 6.07) is 5.80. The second-order valence-corrected chi connectivity index (χ2v) is 12.7. The molecule has 3 aromatic rings. The molecule has 2 amide bonds. The fraction of sp³-hybridized carbons (Fsp3) is 0.548. The predicted molar refractivity (Wildman–Crippen MR) is 157 cm³/mol. The van der Waals surface area contributed by atoms with Crippen molar-refractivity contribution in [3.8, 4) is 11.3 Å². The molecule has 2 aliphatic heterocycles. The average Bonchev–Trinajstić information content (AvgIpc) is 3.70. The third-order valence-electron chi connectivity index (χ3n) is 9.71. The van der Waals surface area contributed by atoms with Crippen LogP contribution < -0.4 is 10.7 Å². The molecular weight excluding hydrogens is 534 g/mol. The summed E-state index contributed by atoms with van der Waals surface area (Å²) in [5.41, 5.74) is 3.86. The maximum atomic E-state index is 14.1. The van der Waals surface area contributed by atoms with Gasteiger partial charge in [-0.1, -0.05) is 0 Å². The Kier molecular flexibility index (Phi) is 6.71. The van der Waals surface area contributed by atoms with Gasteiger partial charge in [0.15, 0.2) is 5.65 Å². The van der Waals surface area contributed by atoms with Crippen molar-refractivity contribution in [3.63, 3.8) is 0 Å². The molecule has 2 aliphatic carbocycles. The van der Waals surface area contributed by atoms with Crippen molar-refractivity contribution in [1.29, 1.82) is 0 Å². The molecule has 4 heterocycles. The van der Waals surface area contributed by atoms with E-state index in [2.05, 4.69) is 16.8 Å². The smallest absolute Gasteiger partial charge is 0.274 e. The van der Waals surface area contributed by atoms with Crippen molar-refractivity contribution in [3.05, 3.63) is 47.3 Å². The Labute approximate surface area is 245 Å². The van der Waals surface area contributed by atoms with Gasteiger partial charge in [-0.2, -0.15) is 5.10 Å². The normalized spacial score (nSPS) is 25.1. The summed E-state index contributed by atoms with van der Waals surface area (Å²) in [5.74, 6) is 6.80. The Morgan fingerprint density at radius 3 is 2.64 bits per heavy atom. The van der Waals surface area contributed by atoms with Crippen LogP contribution >= 0.6 is 0 Å². The van der Waals surface area contributed by atoms with E-state index < -0.39 is 5.60 Å². The highest BCUT2D eigenvalue weighted by Gasteiger charge is 2.41. The summed E-state index contributed by atoms with van der Waals surface area (Å²) >= 11 is 0. The van der Waals surface area contributed by atoms with Crippen LogP contribution in [0, 0.1) is 5.92 Å². The Hall–Kier alpha value is -3.54. The van der Waals surface area contributed by atoms with Crippen LogP contribution in [0.4, 0.5) is 5.69 Å². The fourth-order valence-corrected chi connectivity index (χ4v) is 6.89. The minimum atomic E-state index is -0.736. The lowest BCUT2D eigenvalue weighted by Gasteiger charge is -2.37. The quantitative estimate of drug-likeness (QED) is 0.262. The number of amides is 2. The first-order valence-electron chi connectivity index (χ1n) is 15.2. The number of hydrazine groups is 1. The van der Waals surface area contributed by atoms with E-state index in [0.717, 1.165) is 35.2 Å². The lowest BCUT2D eigenvalue weighted by atomic mass is 9.83. The van der Waals surface area contributed by atoms with Crippen molar-refractivity contribution < 1.29 is 19.4 Å². The Morgan fingerprint density at radius 2 is 1.93 bits per heavy atom. The molecule has 42 heavy (non-hydrogen) atoms. The van der Waals surface area contributed by atoms with E-state index in [9.17, 15) is 14.7 Å². The number of hydrogen-bond donors (Lipinski definition) is 2. The zero-order valence-electron chi connectivity index (χ0n) is 24.3. The fourth-order valence-electron chi connectivity index (χ4n) is 6.89. The van der Waals surface area contributed by atoms with Gasteiger partial charge in [-0.05, 0) is 82.1 Å². The van der Waals surface area contributed by atoms with E-state index >= 15 is 0 Å². The molecule has 2 saturated carbocycles. The zero-order valence-corrected chi connectivity index (χ0v) is 24.3. The first-order valence-corrected chi connectivity index (χ1v) is 15.2. The predicted octanol–water partition coefficient (Wildman–Crippen LogP) is 3.00. The maximum Gasteiger partial charge on any atom is 0.274 e. The number of aliphatic hydroxyl groups is 1. The van der Waals surface area contributed by atoms with Crippen molar-refractivity contribution in [2.75, 3.05) is 31.2 Å². The van der Waals surface area contributed by atoms with Crippen molar-refractivity contribution in [2.45, 2.75) is 76.6 Å². The van der Waals surface area contributed by atoms with Crippen LogP contribution in [-0.2, 0) is 11.3 Å². The summed E-state index contributed by atoms with van der Waals surface area (Å²) in [6.45, 7) is 7.07. The number of morpholine rings is 1. The average molecular weight is 574 g/mol. The third kappa shape index (κ3) is 4.73. The van der Waals surface area contributed by atoms with Gasteiger partial charge in [0.1, 0.15) is 11.3 Å². The summed E-state index contributed by atoms with van der Waals surface area (Å²) in [5, 5.41) is 16.6. The molecule has 222 valence electrons. The molecule has 3 fully saturated rings. The number of nitrogens with zero attached hydrogens (tertiary/aromatic N) is 6. The maximum absolute atomic E-state index is 14.1. The third-order valence-corrected chi connectivity index (χ3v) is 9.71. The molecule has 11 heteroatoms. The molecule has 7 rings (SSSR count). The first kappa shape index (κ1) is 27.3. The van der Waals surface area contributed by atoms with Gasteiger partial charge in [0.25, 0.3) is 11.8 Å².